The Balaban J connectivity index is 2.14. The van der Waals surface area contributed by atoms with Crippen molar-refractivity contribution in [2.24, 2.45) is 16.0 Å². The van der Waals surface area contributed by atoms with Gasteiger partial charge in [0, 0.05) is 10.8 Å². The van der Waals surface area contributed by atoms with Crippen LogP contribution in [0.5, 0.6) is 0 Å². The molecule has 0 radical (unpaired) electrons. The SMILES string of the molecule is CC(C)(C)C1=CC(=CCC/C=C2/C=NOC2=O)C=C(C(C)(C)C)O1. The van der Waals surface area contributed by atoms with Crippen LogP contribution in [0.2, 0.25) is 0 Å². The Bertz CT molecular complexity index is 630. The Hall–Kier alpha value is -2.10. The lowest BCUT2D eigenvalue weighted by molar-refractivity contribution is -0.136. The van der Waals surface area contributed by atoms with Gasteiger partial charge in [0.15, 0.2) is 0 Å². The van der Waals surface area contributed by atoms with Crippen molar-refractivity contribution in [1.29, 1.82) is 0 Å². The first-order chi connectivity index (χ1) is 11.1. The molecule has 2 aliphatic rings. The summed E-state index contributed by atoms with van der Waals surface area (Å²) >= 11 is 0. The van der Waals surface area contributed by atoms with Crippen LogP contribution < -0.4 is 0 Å². The van der Waals surface area contributed by atoms with Crippen molar-refractivity contribution in [3.8, 4) is 0 Å². The third kappa shape index (κ3) is 4.70. The molecule has 0 aromatic rings. The largest absolute Gasteiger partial charge is 0.465 e. The minimum Gasteiger partial charge on any atom is -0.465 e. The number of ether oxygens (including phenoxy) is 1. The maximum absolute atomic E-state index is 11.3. The normalized spacial score (nSPS) is 19.8. The van der Waals surface area contributed by atoms with Crippen LogP contribution in [0.4, 0.5) is 0 Å². The number of hydrogen-bond donors (Lipinski definition) is 0. The molecule has 0 amide bonds. The lowest BCUT2D eigenvalue weighted by Gasteiger charge is -2.32. The van der Waals surface area contributed by atoms with Gasteiger partial charge in [-0.25, -0.2) is 4.79 Å². The van der Waals surface area contributed by atoms with E-state index in [0.29, 0.717) is 5.57 Å². The van der Waals surface area contributed by atoms with Crippen LogP contribution in [0, 0.1) is 10.8 Å². The van der Waals surface area contributed by atoms with E-state index in [2.05, 4.69) is 69.8 Å². The molecule has 0 saturated heterocycles. The molecule has 0 N–H and O–H groups in total. The van der Waals surface area contributed by atoms with Gasteiger partial charge in [-0.05, 0) is 30.6 Å². The number of allylic oxidation sites excluding steroid dienone is 7. The second-order valence-corrected chi connectivity index (χ2v) is 8.17. The molecule has 0 saturated carbocycles. The molecule has 0 spiro atoms. The topological polar surface area (TPSA) is 47.9 Å². The highest BCUT2D eigenvalue weighted by Crippen LogP contribution is 2.38. The van der Waals surface area contributed by atoms with Crippen LogP contribution in [0.15, 0.2) is 52.1 Å². The first kappa shape index (κ1) is 18.2. The fraction of sp³-hybridized carbons (Fsp3) is 0.500. The van der Waals surface area contributed by atoms with E-state index in [1.54, 1.807) is 0 Å². The van der Waals surface area contributed by atoms with Crippen molar-refractivity contribution in [2.45, 2.75) is 54.4 Å². The third-order valence-corrected chi connectivity index (χ3v) is 3.77. The number of hydrogen-bond acceptors (Lipinski definition) is 4. The maximum Gasteiger partial charge on any atom is 0.367 e. The van der Waals surface area contributed by atoms with Crippen molar-refractivity contribution in [1.82, 2.24) is 0 Å². The van der Waals surface area contributed by atoms with Crippen molar-refractivity contribution >= 4 is 12.2 Å². The lowest BCUT2D eigenvalue weighted by Crippen LogP contribution is -2.21. The van der Waals surface area contributed by atoms with Gasteiger partial charge >= 0.3 is 5.97 Å². The van der Waals surface area contributed by atoms with E-state index in [1.807, 2.05) is 6.08 Å². The van der Waals surface area contributed by atoms with Gasteiger partial charge in [-0.3, -0.25) is 0 Å². The minimum absolute atomic E-state index is 0.0457. The van der Waals surface area contributed by atoms with Crippen LogP contribution in [-0.2, 0) is 14.4 Å². The van der Waals surface area contributed by atoms with Crippen LogP contribution in [0.3, 0.4) is 0 Å². The highest BCUT2D eigenvalue weighted by Gasteiger charge is 2.28. The van der Waals surface area contributed by atoms with Crippen molar-refractivity contribution < 1.29 is 14.4 Å². The van der Waals surface area contributed by atoms with Crippen LogP contribution in [0.1, 0.15) is 54.4 Å². The summed E-state index contributed by atoms with van der Waals surface area (Å²) in [6.07, 6.45) is 11.3. The first-order valence-corrected chi connectivity index (χ1v) is 8.34. The van der Waals surface area contributed by atoms with Gasteiger partial charge in [0.05, 0.1) is 11.8 Å². The third-order valence-electron chi connectivity index (χ3n) is 3.77. The predicted octanol–water partition coefficient (Wildman–Crippen LogP) is 5.05. The molecule has 24 heavy (non-hydrogen) atoms. The van der Waals surface area contributed by atoms with Crippen LogP contribution in [-0.4, -0.2) is 12.2 Å². The standard InChI is InChI=1S/C20H27NO3/c1-19(2,3)16-11-14(12-17(23-16)20(4,5)6)9-7-8-10-15-13-21-24-18(15)22/h9-13H,7-8H2,1-6H3/b15-10-. The molecule has 2 rings (SSSR count). The van der Waals surface area contributed by atoms with Crippen molar-refractivity contribution in [2.75, 3.05) is 0 Å². The summed E-state index contributed by atoms with van der Waals surface area (Å²) in [5.74, 6) is 1.58. The molecule has 2 aliphatic heterocycles. The fourth-order valence-corrected chi connectivity index (χ4v) is 2.24. The van der Waals surface area contributed by atoms with Gasteiger partial charge in [-0.1, -0.05) is 58.9 Å². The summed E-state index contributed by atoms with van der Waals surface area (Å²) in [5.41, 5.74) is 1.58. The Labute approximate surface area is 144 Å². The first-order valence-electron chi connectivity index (χ1n) is 8.34. The van der Waals surface area contributed by atoms with E-state index < -0.39 is 0 Å². The maximum atomic E-state index is 11.3. The molecule has 0 atom stereocenters. The van der Waals surface area contributed by atoms with Gasteiger partial charge in [0.25, 0.3) is 0 Å². The van der Waals surface area contributed by atoms with Gasteiger partial charge in [0.2, 0.25) is 0 Å². The highest BCUT2D eigenvalue weighted by molar-refractivity contribution is 6.11. The molecule has 0 aromatic heterocycles. The van der Waals surface area contributed by atoms with E-state index in [4.69, 9.17) is 4.74 Å². The molecule has 4 nitrogen and oxygen atoms in total. The number of nitrogens with zero attached hydrogens (tertiary/aromatic N) is 1. The van der Waals surface area contributed by atoms with Crippen LogP contribution in [0.25, 0.3) is 0 Å². The second-order valence-electron chi connectivity index (χ2n) is 8.17. The summed E-state index contributed by atoms with van der Waals surface area (Å²) < 4.78 is 6.14. The summed E-state index contributed by atoms with van der Waals surface area (Å²) in [7, 11) is 0. The fourth-order valence-electron chi connectivity index (χ4n) is 2.24. The number of oxime groups is 1. The zero-order valence-electron chi connectivity index (χ0n) is 15.5. The van der Waals surface area contributed by atoms with Gasteiger partial charge < -0.3 is 9.57 Å². The van der Waals surface area contributed by atoms with E-state index in [9.17, 15) is 4.79 Å². The zero-order chi connectivity index (χ0) is 18.0. The number of carbonyl (C=O) groups is 1. The van der Waals surface area contributed by atoms with E-state index in [0.717, 1.165) is 29.9 Å². The smallest absolute Gasteiger partial charge is 0.367 e. The molecule has 0 aliphatic carbocycles. The molecule has 0 fully saturated rings. The molecule has 4 heteroatoms. The van der Waals surface area contributed by atoms with Gasteiger partial charge in [0.1, 0.15) is 11.5 Å². The summed E-state index contributed by atoms with van der Waals surface area (Å²) in [6, 6.07) is 0. The van der Waals surface area contributed by atoms with Crippen molar-refractivity contribution in [3.05, 3.63) is 47.0 Å². The molecule has 0 bridgehead atoms. The second kappa shape index (κ2) is 6.80. The average Bonchev–Trinajstić information content (AvgIpc) is 2.87. The molecule has 2 heterocycles. The Morgan fingerprint density at radius 1 is 0.958 bits per heavy atom. The summed E-state index contributed by atoms with van der Waals surface area (Å²) in [4.78, 5) is 15.8. The molecular weight excluding hydrogens is 302 g/mol. The molecular formula is C20H27NO3. The molecule has 0 unspecified atom stereocenters. The van der Waals surface area contributed by atoms with Crippen LogP contribution >= 0.6 is 0 Å². The summed E-state index contributed by atoms with van der Waals surface area (Å²) in [6.45, 7) is 12.9. The Morgan fingerprint density at radius 3 is 1.96 bits per heavy atom. The van der Waals surface area contributed by atoms with E-state index in [1.165, 1.54) is 6.21 Å². The quantitative estimate of drug-likeness (QED) is 0.413. The lowest BCUT2D eigenvalue weighted by atomic mass is 9.87. The number of carbonyl (C=O) groups excluding carboxylic acids is 1. The van der Waals surface area contributed by atoms with Gasteiger partial charge in [-0.2, -0.15) is 0 Å². The zero-order valence-corrected chi connectivity index (χ0v) is 15.5. The summed E-state index contributed by atoms with van der Waals surface area (Å²) in [5, 5.41) is 3.49. The van der Waals surface area contributed by atoms with Crippen molar-refractivity contribution in [3.63, 3.8) is 0 Å². The minimum atomic E-state index is -0.376. The van der Waals surface area contributed by atoms with E-state index >= 15 is 0 Å². The predicted molar refractivity (Wildman–Crippen MR) is 96.1 cm³/mol. The van der Waals surface area contributed by atoms with Gasteiger partial charge in [-0.15, -0.1) is 0 Å². The number of rotatable bonds is 3. The Morgan fingerprint density at radius 2 is 1.50 bits per heavy atom. The van der Waals surface area contributed by atoms with E-state index in [-0.39, 0.29) is 16.8 Å². The number of unbranched alkanes of at least 4 members (excludes halogenated alkanes) is 1. The Kier molecular flexibility index (Phi) is 5.16. The molecule has 0 aromatic carbocycles. The monoisotopic (exact) mass is 329 g/mol. The highest BCUT2D eigenvalue weighted by atomic mass is 16.7. The molecule has 130 valence electrons. The average molecular weight is 329 g/mol.